The number of nitrogens with zero attached hydrogens (tertiary/aromatic N) is 2. The van der Waals surface area contributed by atoms with Gasteiger partial charge in [0.15, 0.2) is 5.16 Å². The van der Waals surface area contributed by atoms with Crippen LogP contribution in [-0.4, -0.2) is 40.5 Å². The first-order valence-corrected chi connectivity index (χ1v) is 11.5. The Labute approximate surface area is 196 Å². The number of nitrogens with one attached hydrogen (secondary N) is 1. The van der Waals surface area contributed by atoms with Gasteiger partial charge in [0.2, 0.25) is 11.8 Å². The van der Waals surface area contributed by atoms with Crippen LogP contribution in [0.15, 0.2) is 58.5 Å². The van der Waals surface area contributed by atoms with E-state index in [0.717, 1.165) is 24.6 Å². The molecule has 8 nitrogen and oxygen atoms in total. The molecule has 9 heteroatoms. The van der Waals surface area contributed by atoms with E-state index in [1.54, 1.807) is 42.5 Å². The van der Waals surface area contributed by atoms with Crippen molar-refractivity contribution in [1.82, 2.24) is 9.55 Å². The molecule has 1 aromatic heterocycles. The molecular weight excluding hydrogens is 442 g/mol. The fourth-order valence-electron chi connectivity index (χ4n) is 3.29. The van der Waals surface area contributed by atoms with E-state index in [-0.39, 0.29) is 33.8 Å². The Balaban J connectivity index is 1.95. The molecule has 0 aliphatic heterocycles. The van der Waals surface area contributed by atoms with Crippen LogP contribution in [0.4, 0.5) is 5.69 Å². The standard InChI is InChI=1S/C24H27N3O5S/c1-4-5-10-16-22(29)26-24(27(23(16)30)18-12-7-9-14-20(18)32-3)33-15-21(28)25-17-11-6-8-13-19(17)31-2/h6-9,11-14,29H,4-5,10,15H2,1-3H3,(H,25,28). The summed E-state index contributed by atoms with van der Waals surface area (Å²) in [6.45, 7) is 2.01. The molecular formula is C24H27N3O5S. The second-order valence-corrected chi connectivity index (χ2v) is 8.09. The fraction of sp³-hybridized carbons (Fsp3) is 0.292. The summed E-state index contributed by atoms with van der Waals surface area (Å²) in [5.74, 6) is 0.367. The predicted molar refractivity (Wildman–Crippen MR) is 129 cm³/mol. The zero-order valence-corrected chi connectivity index (χ0v) is 19.6. The van der Waals surface area contributed by atoms with Crippen LogP contribution in [-0.2, 0) is 11.2 Å². The first-order chi connectivity index (χ1) is 16.0. The van der Waals surface area contributed by atoms with Gasteiger partial charge in [-0.15, -0.1) is 0 Å². The number of ether oxygens (including phenoxy) is 2. The highest BCUT2D eigenvalue weighted by Crippen LogP contribution is 2.29. The van der Waals surface area contributed by atoms with E-state index < -0.39 is 0 Å². The van der Waals surface area contributed by atoms with Gasteiger partial charge >= 0.3 is 0 Å². The highest BCUT2D eigenvalue weighted by atomic mass is 32.2. The number of methoxy groups -OCH3 is 2. The smallest absolute Gasteiger partial charge is 0.265 e. The minimum Gasteiger partial charge on any atom is -0.495 e. The van der Waals surface area contributed by atoms with Gasteiger partial charge in [0, 0.05) is 0 Å². The van der Waals surface area contributed by atoms with E-state index in [1.165, 1.54) is 18.8 Å². The third kappa shape index (κ3) is 5.67. The maximum absolute atomic E-state index is 13.4. The largest absolute Gasteiger partial charge is 0.495 e. The van der Waals surface area contributed by atoms with Crippen molar-refractivity contribution < 1.29 is 19.4 Å². The number of hydrogen-bond acceptors (Lipinski definition) is 7. The number of thioether (sulfide) groups is 1. The van der Waals surface area contributed by atoms with E-state index in [9.17, 15) is 14.7 Å². The summed E-state index contributed by atoms with van der Waals surface area (Å²) in [6, 6.07) is 14.1. The highest BCUT2D eigenvalue weighted by Gasteiger charge is 2.20. The van der Waals surface area contributed by atoms with Gasteiger partial charge in [0.05, 0.1) is 36.9 Å². The number of carbonyl (C=O) groups excluding carboxylic acids is 1. The number of carbonyl (C=O) groups is 1. The number of unbranched alkanes of at least 4 members (excludes halogenated alkanes) is 1. The summed E-state index contributed by atoms with van der Waals surface area (Å²) < 4.78 is 12.1. The minimum absolute atomic E-state index is 0.0343. The highest BCUT2D eigenvalue weighted by molar-refractivity contribution is 7.99. The van der Waals surface area contributed by atoms with Crippen LogP contribution < -0.4 is 20.3 Å². The van der Waals surface area contributed by atoms with Crippen molar-refractivity contribution in [2.45, 2.75) is 31.3 Å². The van der Waals surface area contributed by atoms with Crippen LogP contribution in [0.3, 0.4) is 0 Å². The Morgan fingerprint density at radius 3 is 2.45 bits per heavy atom. The summed E-state index contributed by atoms with van der Waals surface area (Å²) in [4.78, 5) is 30.3. The number of amides is 1. The summed E-state index contributed by atoms with van der Waals surface area (Å²) in [5, 5.41) is 13.5. The van der Waals surface area contributed by atoms with Crippen molar-refractivity contribution >= 4 is 23.4 Å². The van der Waals surface area contributed by atoms with Crippen LogP contribution in [0.25, 0.3) is 5.69 Å². The lowest BCUT2D eigenvalue weighted by Crippen LogP contribution is -2.26. The third-order valence-electron chi connectivity index (χ3n) is 4.94. The van der Waals surface area contributed by atoms with Crippen molar-refractivity contribution in [3.05, 3.63) is 64.4 Å². The molecule has 174 valence electrons. The molecule has 0 atom stereocenters. The second kappa shape index (κ2) is 11.4. The molecule has 0 fully saturated rings. The lowest BCUT2D eigenvalue weighted by atomic mass is 10.1. The average molecular weight is 470 g/mol. The van der Waals surface area contributed by atoms with Gasteiger partial charge in [0.25, 0.3) is 5.56 Å². The fourth-order valence-corrected chi connectivity index (χ4v) is 4.08. The maximum Gasteiger partial charge on any atom is 0.265 e. The SMILES string of the molecule is CCCCc1c(O)nc(SCC(=O)Nc2ccccc2OC)n(-c2ccccc2OC)c1=O. The molecule has 2 aromatic carbocycles. The van der Waals surface area contributed by atoms with Gasteiger partial charge in [-0.2, -0.15) is 4.98 Å². The lowest BCUT2D eigenvalue weighted by molar-refractivity contribution is -0.113. The first kappa shape index (κ1) is 24.2. The molecule has 3 aromatic rings. The van der Waals surface area contributed by atoms with Crippen LogP contribution in [0, 0.1) is 0 Å². The molecule has 1 amide bonds. The van der Waals surface area contributed by atoms with Crippen LogP contribution in [0.5, 0.6) is 17.4 Å². The third-order valence-corrected chi connectivity index (χ3v) is 5.88. The molecule has 3 rings (SSSR count). The Morgan fingerprint density at radius 1 is 1.09 bits per heavy atom. The normalized spacial score (nSPS) is 10.6. The summed E-state index contributed by atoms with van der Waals surface area (Å²) in [5.41, 5.74) is 0.889. The van der Waals surface area contributed by atoms with E-state index in [1.807, 2.05) is 13.0 Å². The molecule has 0 spiro atoms. The predicted octanol–water partition coefficient (Wildman–Crippen LogP) is 4.03. The van der Waals surface area contributed by atoms with Gasteiger partial charge in [0.1, 0.15) is 11.5 Å². The summed E-state index contributed by atoms with van der Waals surface area (Å²) >= 11 is 1.05. The Bertz CT molecular complexity index is 1180. The number of aromatic nitrogens is 2. The number of rotatable bonds is 10. The average Bonchev–Trinajstić information content (AvgIpc) is 2.83. The molecule has 0 saturated heterocycles. The molecule has 1 heterocycles. The Kier molecular flexibility index (Phi) is 8.37. The van der Waals surface area contributed by atoms with Gasteiger partial charge in [-0.25, -0.2) is 0 Å². The zero-order chi connectivity index (χ0) is 23.8. The van der Waals surface area contributed by atoms with Crippen LogP contribution >= 0.6 is 11.8 Å². The summed E-state index contributed by atoms with van der Waals surface area (Å²) in [6.07, 6.45) is 2.01. The molecule has 33 heavy (non-hydrogen) atoms. The summed E-state index contributed by atoms with van der Waals surface area (Å²) in [7, 11) is 3.04. The topological polar surface area (TPSA) is 103 Å². The van der Waals surface area contributed by atoms with Crippen molar-refractivity contribution in [2.24, 2.45) is 0 Å². The van der Waals surface area contributed by atoms with E-state index in [4.69, 9.17) is 9.47 Å². The number of anilines is 1. The maximum atomic E-state index is 13.4. The van der Waals surface area contributed by atoms with Gasteiger partial charge < -0.3 is 19.9 Å². The number of para-hydroxylation sites is 4. The molecule has 0 radical (unpaired) electrons. The molecule has 0 unspecified atom stereocenters. The Morgan fingerprint density at radius 2 is 1.76 bits per heavy atom. The van der Waals surface area contributed by atoms with Crippen LogP contribution in [0.1, 0.15) is 25.3 Å². The minimum atomic E-state index is -0.381. The monoisotopic (exact) mass is 469 g/mol. The first-order valence-electron chi connectivity index (χ1n) is 10.5. The van der Waals surface area contributed by atoms with Crippen molar-refractivity contribution in [1.29, 1.82) is 0 Å². The lowest BCUT2D eigenvalue weighted by Gasteiger charge is -2.17. The van der Waals surface area contributed by atoms with Crippen molar-refractivity contribution in [2.75, 3.05) is 25.3 Å². The molecule has 0 bridgehead atoms. The second-order valence-electron chi connectivity index (χ2n) is 7.15. The van der Waals surface area contributed by atoms with Crippen LogP contribution in [0.2, 0.25) is 0 Å². The van der Waals surface area contributed by atoms with Crippen molar-refractivity contribution in [3.8, 4) is 23.1 Å². The van der Waals surface area contributed by atoms with E-state index in [0.29, 0.717) is 29.3 Å². The van der Waals surface area contributed by atoms with E-state index >= 15 is 0 Å². The van der Waals surface area contributed by atoms with Crippen molar-refractivity contribution in [3.63, 3.8) is 0 Å². The quantitative estimate of drug-likeness (QED) is 0.341. The van der Waals surface area contributed by atoms with Gasteiger partial charge in [-0.1, -0.05) is 49.4 Å². The molecule has 0 aliphatic rings. The molecule has 0 saturated carbocycles. The zero-order valence-electron chi connectivity index (χ0n) is 18.8. The number of benzene rings is 2. The van der Waals surface area contributed by atoms with E-state index in [2.05, 4.69) is 10.3 Å². The molecule has 2 N–H and O–H groups in total. The Hall–Kier alpha value is -3.46. The van der Waals surface area contributed by atoms with Gasteiger partial charge in [-0.05, 0) is 37.1 Å². The number of aromatic hydroxyl groups is 1. The number of hydrogen-bond donors (Lipinski definition) is 2. The van der Waals surface area contributed by atoms with Gasteiger partial charge in [-0.3, -0.25) is 14.2 Å². The molecule has 0 aliphatic carbocycles.